The third-order valence-corrected chi connectivity index (χ3v) is 2.41. The third-order valence-electron chi connectivity index (χ3n) is 1.85. The molecule has 1 aromatic rings. The van der Waals surface area contributed by atoms with Gasteiger partial charge in [0, 0.05) is 10.9 Å². The van der Waals surface area contributed by atoms with Gasteiger partial charge in [0.25, 0.3) is 0 Å². The molecule has 0 bridgehead atoms. The topological polar surface area (TPSA) is 20.2 Å². The Bertz CT molecular complexity index is 269. The molecule has 0 amide bonds. The van der Waals surface area contributed by atoms with E-state index in [0.717, 1.165) is 16.7 Å². The van der Waals surface area contributed by atoms with Gasteiger partial charge in [0.05, 0.1) is 0 Å². The molecule has 1 N–H and O–H groups in total. The molecule has 11 heavy (non-hydrogen) atoms. The van der Waals surface area contributed by atoms with Gasteiger partial charge in [-0.1, -0.05) is 28.1 Å². The predicted octanol–water partition coefficient (Wildman–Crippen LogP) is 2.90. The second kappa shape index (κ2) is 3.26. The molecule has 0 heterocycles. The van der Waals surface area contributed by atoms with Gasteiger partial charge in [-0.2, -0.15) is 0 Å². The molecule has 0 aliphatic carbocycles. The van der Waals surface area contributed by atoms with Crippen LogP contribution >= 0.6 is 15.9 Å². The summed E-state index contributed by atoms with van der Waals surface area (Å²) in [7, 11) is 0. The van der Waals surface area contributed by atoms with E-state index in [0.29, 0.717) is 11.1 Å². The lowest BCUT2D eigenvalue weighted by atomic mass is 10.1. The zero-order chi connectivity index (χ0) is 8.43. The Labute approximate surface area is 75.2 Å². The third kappa shape index (κ3) is 1.56. The number of hydrogen-bond acceptors (Lipinski definition) is 1. The van der Waals surface area contributed by atoms with Crippen LogP contribution in [0.5, 0.6) is 5.75 Å². The quantitative estimate of drug-likeness (QED) is 0.714. The molecule has 1 nitrogen and oxygen atoms in total. The molecule has 0 aliphatic rings. The predicted molar refractivity (Wildman–Crippen MR) is 50.2 cm³/mol. The number of alkyl halides is 1. The number of hydrogen-bond donors (Lipinski definition) is 1. The summed E-state index contributed by atoms with van der Waals surface area (Å²) in [4.78, 5) is 0. The molecule has 0 saturated heterocycles. The molecule has 2 heteroatoms. The van der Waals surface area contributed by atoms with Crippen LogP contribution in [0.1, 0.15) is 16.7 Å². The summed E-state index contributed by atoms with van der Waals surface area (Å²) in [5, 5.41) is 10.3. The fraction of sp³-hybridized carbons (Fsp3) is 0.333. The zero-order valence-electron chi connectivity index (χ0n) is 6.69. The highest BCUT2D eigenvalue weighted by molar-refractivity contribution is 9.08. The molecule has 0 aliphatic heterocycles. The van der Waals surface area contributed by atoms with E-state index in [1.807, 2.05) is 26.0 Å². The first-order valence-electron chi connectivity index (χ1n) is 3.51. The first kappa shape index (κ1) is 8.60. The zero-order valence-corrected chi connectivity index (χ0v) is 8.27. The van der Waals surface area contributed by atoms with Crippen LogP contribution in [-0.2, 0) is 5.33 Å². The second-order valence-corrected chi connectivity index (χ2v) is 3.22. The van der Waals surface area contributed by atoms with Gasteiger partial charge in [-0.05, 0) is 25.0 Å². The Kier molecular flexibility index (Phi) is 2.55. The van der Waals surface area contributed by atoms with E-state index in [2.05, 4.69) is 15.9 Å². The lowest BCUT2D eigenvalue weighted by molar-refractivity contribution is 0.466. The SMILES string of the molecule is Cc1ccc(C)c(CBr)c1O. The van der Waals surface area contributed by atoms with Crippen molar-refractivity contribution >= 4 is 15.9 Å². The standard InChI is InChI=1S/C9H11BrO/c1-6-3-4-7(2)9(11)8(6)5-10/h3-4,11H,5H2,1-2H3. The normalized spacial score (nSPS) is 10.1. The number of aromatic hydroxyl groups is 1. The first-order valence-corrected chi connectivity index (χ1v) is 4.63. The second-order valence-electron chi connectivity index (χ2n) is 2.66. The highest BCUT2D eigenvalue weighted by Gasteiger charge is 2.04. The highest BCUT2D eigenvalue weighted by atomic mass is 79.9. The molecular weight excluding hydrogens is 204 g/mol. The first-order chi connectivity index (χ1) is 5.16. The fourth-order valence-electron chi connectivity index (χ4n) is 1.02. The van der Waals surface area contributed by atoms with Crippen molar-refractivity contribution in [1.29, 1.82) is 0 Å². The van der Waals surface area contributed by atoms with Gasteiger partial charge in [-0.15, -0.1) is 0 Å². The van der Waals surface area contributed by atoms with Crippen molar-refractivity contribution < 1.29 is 5.11 Å². The number of phenolic OH excluding ortho intramolecular Hbond substituents is 1. The van der Waals surface area contributed by atoms with Crippen LogP contribution in [-0.4, -0.2) is 5.11 Å². The lowest BCUT2D eigenvalue weighted by Gasteiger charge is -2.06. The van der Waals surface area contributed by atoms with Gasteiger partial charge >= 0.3 is 0 Å². The van der Waals surface area contributed by atoms with Gasteiger partial charge in [0.2, 0.25) is 0 Å². The maximum absolute atomic E-state index is 9.55. The number of rotatable bonds is 1. The molecule has 60 valence electrons. The van der Waals surface area contributed by atoms with Crippen LogP contribution in [0, 0.1) is 13.8 Å². The van der Waals surface area contributed by atoms with Crippen LogP contribution in [0.2, 0.25) is 0 Å². The van der Waals surface area contributed by atoms with E-state index < -0.39 is 0 Å². The maximum atomic E-state index is 9.55. The van der Waals surface area contributed by atoms with E-state index in [4.69, 9.17) is 0 Å². The van der Waals surface area contributed by atoms with Crippen molar-refractivity contribution in [3.05, 3.63) is 28.8 Å². The van der Waals surface area contributed by atoms with E-state index >= 15 is 0 Å². The minimum Gasteiger partial charge on any atom is -0.507 e. The molecule has 0 aromatic heterocycles. The molecular formula is C9H11BrO. The lowest BCUT2D eigenvalue weighted by Crippen LogP contribution is -1.87. The maximum Gasteiger partial charge on any atom is 0.122 e. The molecule has 0 spiro atoms. The van der Waals surface area contributed by atoms with E-state index in [1.165, 1.54) is 0 Å². The molecule has 0 radical (unpaired) electrons. The Morgan fingerprint density at radius 2 is 1.82 bits per heavy atom. The van der Waals surface area contributed by atoms with Crippen molar-refractivity contribution in [2.24, 2.45) is 0 Å². The van der Waals surface area contributed by atoms with Gasteiger partial charge < -0.3 is 5.11 Å². The molecule has 0 atom stereocenters. The van der Waals surface area contributed by atoms with Gasteiger partial charge in [-0.25, -0.2) is 0 Å². The van der Waals surface area contributed by atoms with E-state index in [1.54, 1.807) is 0 Å². The molecule has 1 rings (SSSR count). The van der Waals surface area contributed by atoms with E-state index in [-0.39, 0.29) is 0 Å². The minimum atomic E-state index is 0.418. The van der Waals surface area contributed by atoms with Crippen molar-refractivity contribution in [2.75, 3.05) is 0 Å². The van der Waals surface area contributed by atoms with Crippen molar-refractivity contribution in [3.63, 3.8) is 0 Å². The van der Waals surface area contributed by atoms with Crippen LogP contribution in [0.4, 0.5) is 0 Å². The summed E-state index contributed by atoms with van der Waals surface area (Å²) < 4.78 is 0. The van der Waals surface area contributed by atoms with Gasteiger partial charge in [0.15, 0.2) is 0 Å². The monoisotopic (exact) mass is 214 g/mol. The summed E-state index contributed by atoms with van der Waals surface area (Å²) in [6.45, 7) is 3.90. The molecule has 1 aromatic carbocycles. The van der Waals surface area contributed by atoms with Crippen LogP contribution in [0.3, 0.4) is 0 Å². The summed E-state index contributed by atoms with van der Waals surface area (Å²) in [5.74, 6) is 0.418. The molecule has 0 unspecified atom stereocenters. The summed E-state index contributed by atoms with van der Waals surface area (Å²) in [6.07, 6.45) is 0. The fourth-order valence-corrected chi connectivity index (χ4v) is 1.73. The van der Waals surface area contributed by atoms with Gasteiger partial charge in [0.1, 0.15) is 5.75 Å². The number of benzene rings is 1. The number of halogens is 1. The number of aryl methyl sites for hydroxylation is 2. The van der Waals surface area contributed by atoms with Crippen molar-refractivity contribution in [2.45, 2.75) is 19.2 Å². The minimum absolute atomic E-state index is 0.418. The van der Waals surface area contributed by atoms with E-state index in [9.17, 15) is 5.11 Å². The summed E-state index contributed by atoms with van der Waals surface area (Å²) >= 11 is 3.33. The Hall–Kier alpha value is -0.500. The summed E-state index contributed by atoms with van der Waals surface area (Å²) in [5.41, 5.74) is 3.06. The molecule has 0 saturated carbocycles. The smallest absolute Gasteiger partial charge is 0.122 e. The van der Waals surface area contributed by atoms with Crippen LogP contribution < -0.4 is 0 Å². The van der Waals surface area contributed by atoms with Gasteiger partial charge in [-0.3, -0.25) is 0 Å². The number of phenols is 1. The Morgan fingerprint density at radius 3 is 2.27 bits per heavy atom. The summed E-state index contributed by atoms with van der Waals surface area (Å²) in [6, 6.07) is 3.95. The molecule has 0 fully saturated rings. The van der Waals surface area contributed by atoms with Crippen LogP contribution in [0.15, 0.2) is 12.1 Å². The highest BCUT2D eigenvalue weighted by Crippen LogP contribution is 2.26. The Morgan fingerprint density at radius 1 is 1.27 bits per heavy atom. The van der Waals surface area contributed by atoms with Crippen molar-refractivity contribution in [3.8, 4) is 5.75 Å². The van der Waals surface area contributed by atoms with Crippen LogP contribution in [0.25, 0.3) is 0 Å². The largest absolute Gasteiger partial charge is 0.507 e. The van der Waals surface area contributed by atoms with Crippen molar-refractivity contribution in [1.82, 2.24) is 0 Å². The average Bonchev–Trinajstić information content (AvgIpc) is 1.99. The average molecular weight is 215 g/mol. The Balaban J connectivity index is 3.29.